The lowest BCUT2D eigenvalue weighted by molar-refractivity contribution is 0.171. The third-order valence-electron chi connectivity index (χ3n) is 3.71. The molecule has 1 aliphatic heterocycles. The number of hydrogen-bond acceptors (Lipinski definition) is 5. The molecule has 0 amide bonds. The van der Waals surface area contributed by atoms with Gasteiger partial charge >= 0.3 is 0 Å². The monoisotopic (exact) mass is 297 g/mol. The van der Waals surface area contributed by atoms with E-state index in [4.69, 9.17) is 14.2 Å². The Morgan fingerprint density at radius 3 is 2.55 bits per heavy atom. The molecule has 0 spiro atoms. The number of methoxy groups -OCH3 is 2. The van der Waals surface area contributed by atoms with Crippen LogP contribution in [0.1, 0.15) is 18.9 Å². The second-order valence-electron chi connectivity index (χ2n) is 5.24. The van der Waals surface area contributed by atoms with Crippen molar-refractivity contribution in [2.45, 2.75) is 30.3 Å². The molecule has 1 heterocycles. The van der Waals surface area contributed by atoms with Crippen LogP contribution >= 0.6 is 11.8 Å². The third kappa shape index (κ3) is 3.40. The Bertz CT molecular complexity index is 459. The second-order valence-corrected chi connectivity index (χ2v) is 6.08. The van der Waals surface area contributed by atoms with Gasteiger partial charge in [-0.3, -0.25) is 0 Å². The SMILES string of the molecule is COc1cc(CNC2(C)CCOC2)c(SC)cc1OC. The first-order chi connectivity index (χ1) is 9.61. The zero-order valence-corrected chi connectivity index (χ0v) is 13.4. The van der Waals surface area contributed by atoms with Crippen molar-refractivity contribution in [1.82, 2.24) is 5.32 Å². The van der Waals surface area contributed by atoms with Gasteiger partial charge in [-0.05, 0) is 37.3 Å². The zero-order chi connectivity index (χ0) is 14.6. The van der Waals surface area contributed by atoms with Crippen molar-refractivity contribution >= 4 is 11.8 Å². The minimum Gasteiger partial charge on any atom is -0.493 e. The quantitative estimate of drug-likeness (QED) is 0.818. The van der Waals surface area contributed by atoms with Crippen molar-refractivity contribution in [3.63, 3.8) is 0 Å². The topological polar surface area (TPSA) is 39.7 Å². The molecule has 0 radical (unpaired) electrons. The Morgan fingerprint density at radius 1 is 1.30 bits per heavy atom. The van der Waals surface area contributed by atoms with E-state index in [0.717, 1.165) is 37.7 Å². The van der Waals surface area contributed by atoms with Crippen LogP contribution in [0.5, 0.6) is 11.5 Å². The summed E-state index contributed by atoms with van der Waals surface area (Å²) in [6.45, 7) is 4.62. The van der Waals surface area contributed by atoms with Crippen molar-refractivity contribution in [2.24, 2.45) is 0 Å². The molecule has 5 heteroatoms. The molecule has 20 heavy (non-hydrogen) atoms. The first kappa shape index (κ1) is 15.5. The standard InChI is InChI=1S/C15H23NO3S/c1-15(5-6-19-10-15)16-9-11-7-12(17-2)13(18-3)8-14(11)20-4/h7-8,16H,5-6,9-10H2,1-4H3. The van der Waals surface area contributed by atoms with E-state index in [2.05, 4.69) is 24.6 Å². The van der Waals surface area contributed by atoms with Crippen LogP contribution in [0.3, 0.4) is 0 Å². The first-order valence-corrected chi connectivity index (χ1v) is 7.96. The fourth-order valence-corrected chi connectivity index (χ4v) is 2.96. The second kappa shape index (κ2) is 6.70. The molecule has 1 aromatic carbocycles. The number of ether oxygens (including phenoxy) is 3. The summed E-state index contributed by atoms with van der Waals surface area (Å²) >= 11 is 1.72. The van der Waals surface area contributed by atoms with Crippen molar-refractivity contribution in [3.05, 3.63) is 17.7 Å². The molecule has 1 fully saturated rings. The number of thioether (sulfide) groups is 1. The van der Waals surface area contributed by atoms with Gasteiger partial charge in [0.15, 0.2) is 11.5 Å². The molecular formula is C15H23NO3S. The normalized spacial score (nSPS) is 22.0. The van der Waals surface area contributed by atoms with Crippen LogP contribution < -0.4 is 14.8 Å². The Balaban J connectivity index is 2.17. The van der Waals surface area contributed by atoms with Crippen LogP contribution in [-0.4, -0.2) is 39.2 Å². The lowest BCUT2D eigenvalue weighted by Gasteiger charge is -2.24. The lowest BCUT2D eigenvalue weighted by atomic mass is 10.0. The third-order valence-corrected chi connectivity index (χ3v) is 4.53. The Kier molecular flexibility index (Phi) is 5.18. The molecule has 4 nitrogen and oxygen atoms in total. The van der Waals surface area contributed by atoms with Crippen LogP contribution in [0, 0.1) is 0 Å². The lowest BCUT2D eigenvalue weighted by Crippen LogP contribution is -2.42. The smallest absolute Gasteiger partial charge is 0.161 e. The molecule has 0 aliphatic carbocycles. The van der Waals surface area contributed by atoms with E-state index in [1.165, 1.54) is 10.5 Å². The van der Waals surface area contributed by atoms with Gasteiger partial charge in [-0.2, -0.15) is 0 Å². The predicted molar refractivity (Wildman–Crippen MR) is 82.0 cm³/mol. The maximum absolute atomic E-state index is 5.47. The van der Waals surface area contributed by atoms with E-state index < -0.39 is 0 Å². The molecular weight excluding hydrogens is 274 g/mol. The minimum absolute atomic E-state index is 0.0723. The maximum Gasteiger partial charge on any atom is 0.161 e. The Hall–Kier alpha value is -0.910. The number of benzene rings is 1. The van der Waals surface area contributed by atoms with E-state index in [1.54, 1.807) is 26.0 Å². The molecule has 1 saturated heterocycles. The molecule has 112 valence electrons. The molecule has 1 N–H and O–H groups in total. The van der Waals surface area contributed by atoms with E-state index in [-0.39, 0.29) is 5.54 Å². The summed E-state index contributed by atoms with van der Waals surface area (Å²) < 4.78 is 16.2. The molecule has 1 unspecified atom stereocenters. The van der Waals surface area contributed by atoms with E-state index >= 15 is 0 Å². The summed E-state index contributed by atoms with van der Waals surface area (Å²) in [6.07, 6.45) is 3.13. The Labute approximate surface area is 125 Å². The maximum atomic E-state index is 5.47. The van der Waals surface area contributed by atoms with Gasteiger partial charge in [-0.1, -0.05) is 0 Å². The average molecular weight is 297 g/mol. The number of hydrogen-bond donors (Lipinski definition) is 1. The van der Waals surface area contributed by atoms with Crippen LogP contribution in [0.15, 0.2) is 17.0 Å². The molecule has 1 aromatic rings. The molecule has 0 aromatic heterocycles. The van der Waals surface area contributed by atoms with Crippen LogP contribution in [-0.2, 0) is 11.3 Å². The van der Waals surface area contributed by atoms with Gasteiger partial charge in [0, 0.05) is 23.6 Å². The van der Waals surface area contributed by atoms with E-state index in [9.17, 15) is 0 Å². The zero-order valence-electron chi connectivity index (χ0n) is 12.6. The summed E-state index contributed by atoms with van der Waals surface area (Å²) in [6, 6.07) is 4.09. The minimum atomic E-state index is 0.0723. The predicted octanol–water partition coefficient (Wildman–Crippen LogP) is 2.69. The Morgan fingerprint density at radius 2 is 2.00 bits per heavy atom. The first-order valence-electron chi connectivity index (χ1n) is 6.73. The van der Waals surface area contributed by atoms with Gasteiger partial charge in [0.1, 0.15) is 0 Å². The van der Waals surface area contributed by atoms with Crippen molar-refractivity contribution < 1.29 is 14.2 Å². The number of rotatable bonds is 6. The van der Waals surface area contributed by atoms with Crippen molar-refractivity contribution in [1.29, 1.82) is 0 Å². The molecule has 0 saturated carbocycles. The molecule has 1 atom stereocenters. The van der Waals surface area contributed by atoms with Crippen molar-refractivity contribution in [3.8, 4) is 11.5 Å². The van der Waals surface area contributed by atoms with Crippen LogP contribution in [0.2, 0.25) is 0 Å². The van der Waals surface area contributed by atoms with Gasteiger partial charge in [0.25, 0.3) is 0 Å². The summed E-state index contributed by atoms with van der Waals surface area (Å²) in [5.41, 5.74) is 1.30. The summed E-state index contributed by atoms with van der Waals surface area (Å²) in [5, 5.41) is 3.60. The van der Waals surface area contributed by atoms with Crippen LogP contribution in [0.25, 0.3) is 0 Å². The fraction of sp³-hybridized carbons (Fsp3) is 0.600. The van der Waals surface area contributed by atoms with E-state index in [1.807, 2.05) is 6.07 Å². The highest BCUT2D eigenvalue weighted by molar-refractivity contribution is 7.98. The molecule has 0 bridgehead atoms. The largest absolute Gasteiger partial charge is 0.493 e. The van der Waals surface area contributed by atoms with E-state index in [0.29, 0.717) is 0 Å². The average Bonchev–Trinajstić information content (AvgIpc) is 2.91. The summed E-state index contributed by atoms with van der Waals surface area (Å²) in [5.74, 6) is 1.55. The van der Waals surface area contributed by atoms with Crippen molar-refractivity contribution in [2.75, 3.05) is 33.7 Å². The molecule has 2 rings (SSSR count). The van der Waals surface area contributed by atoms with Gasteiger partial charge in [0.2, 0.25) is 0 Å². The fourth-order valence-electron chi connectivity index (χ4n) is 2.35. The summed E-state index contributed by atoms with van der Waals surface area (Å²) in [4.78, 5) is 1.21. The highest BCUT2D eigenvalue weighted by Crippen LogP contribution is 2.34. The summed E-state index contributed by atoms with van der Waals surface area (Å²) in [7, 11) is 3.33. The highest BCUT2D eigenvalue weighted by Gasteiger charge is 2.29. The van der Waals surface area contributed by atoms with Gasteiger partial charge < -0.3 is 19.5 Å². The van der Waals surface area contributed by atoms with Gasteiger partial charge in [-0.15, -0.1) is 11.8 Å². The number of nitrogens with one attached hydrogen (secondary N) is 1. The van der Waals surface area contributed by atoms with Gasteiger partial charge in [0.05, 0.1) is 20.8 Å². The highest BCUT2D eigenvalue weighted by atomic mass is 32.2. The van der Waals surface area contributed by atoms with Crippen LogP contribution in [0.4, 0.5) is 0 Å². The molecule has 1 aliphatic rings. The van der Waals surface area contributed by atoms with Gasteiger partial charge in [-0.25, -0.2) is 0 Å².